The van der Waals surface area contributed by atoms with Crippen molar-refractivity contribution in [2.24, 2.45) is 0 Å². The fraction of sp³-hybridized carbons (Fsp3) is 0.444. The van der Waals surface area contributed by atoms with Gasteiger partial charge in [0.15, 0.2) is 5.69 Å². The normalized spacial score (nSPS) is 9.53. The van der Waals surface area contributed by atoms with Crippen molar-refractivity contribution in [1.29, 1.82) is 0 Å². The first-order chi connectivity index (χ1) is 7.56. The first kappa shape index (κ1) is 15.4. The Bertz CT molecular complexity index is 393. The highest BCUT2D eigenvalue weighted by molar-refractivity contribution is 5.92. The Balaban J connectivity index is 0.00000256. The summed E-state index contributed by atoms with van der Waals surface area (Å²) >= 11 is 0. The monoisotopic (exact) mass is 262 g/mol. The lowest BCUT2D eigenvalue weighted by Gasteiger charge is -2.14. The zero-order chi connectivity index (χ0) is 12.1. The molecule has 0 aliphatic heterocycles. The van der Waals surface area contributed by atoms with Gasteiger partial charge in [-0.3, -0.25) is 4.79 Å². The van der Waals surface area contributed by atoms with Gasteiger partial charge in [0.1, 0.15) is 0 Å². The average Bonchev–Trinajstić information content (AvgIpc) is 2.74. The van der Waals surface area contributed by atoms with Gasteiger partial charge in [0.05, 0.1) is 0 Å². The lowest BCUT2D eigenvalue weighted by atomic mass is 10.4. The van der Waals surface area contributed by atoms with Gasteiger partial charge in [0.25, 0.3) is 5.91 Å². The number of amides is 1. The van der Waals surface area contributed by atoms with Crippen LogP contribution in [0.1, 0.15) is 10.5 Å². The summed E-state index contributed by atoms with van der Waals surface area (Å²) in [5.41, 5.74) is 0.227. The molecular formula is C9H15ClN4O3. The van der Waals surface area contributed by atoms with Gasteiger partial charge < -0.3 is 20.3 Å². The van der Waals surface area contributed by atoms with Gasteiger partial charge in [-0.15, -0.1) is 12.4 Å². The molecule has 0 saturated heterocycles. The first-order valence-electron chi connectivity index (χ1n) is 4.79. The van der Waals surface area contributed by atoms with Gasteiger partial charge in [0.2, 0.25) is 0 Å². The van der Waals surface area contributed by atoms with Crippen LogP contribution in [0.15, 0.2) is 12.1 Å². The van der Waals surface area contributed by atoms with Crippen LogP contribution in [0.3, 0.4) is 0 Å². The fourth-order valence-corrected chi connectivity index (χ4v) is 1.20. The number of nitro groups is 1. The molecule has 0 aliphatic carbocycles. The second-order valence-electron chi connectivity index (χ2n) is 3.34. The predicted octanol–water partition coefficient (Wildman–Crippen LogP) is 0.636. The number of nitrogens with zero attached hydrogens (tertiary/aromatic N) is 2. The van der Waals surface area contributed by atoms with E-state index in [-0.39, 0.29) is 29.8 Å². The van der Waals surface area contributed by atoms with Crippen LogP contribution < -0.4 is 5.32 Å². The van der Waals surface area contributed by atoms with E-state index in [9.17, 15) is 14.9 Å². The number of rotatable bonds is 5. The number of carbonyl (C=O) groups is 1. The van der Waals surface area contributed by atoms with Crippen LogP contribution in [0.5, 0.6) is 0 Å². The molecule has 17 heavy (non-hydrogen) atoms. The van der Waals surface area contributed by atoms with Crippen molar-refractivity contribution in [3.05, 3.63) is 27.9 Å². The van der Waals surface area contributed by atoms with Crippen molar-refractivity contribution in [3.8, 4) is 0 Å². The fourth-order valence-electron chi connectivity index (χ4n) is 1.20. The second kappa shape index (κ2) is 6.87. The van der Waals surface area contributed by atoms with Crippen LogP contribution in [-0.2, 0) is 0 Å². The SMILES string of the molecule is CNCCN(C)C(=O)c1ccc([N+](=O)[O-])[nH]1.Cl. The summed E-state index contributed by atoms with van der Waals surface area (Å²) < 4.78 is 0. The standard InChI is InChI=1S/C9H14N4O3.ClH/c1-10-5-6-12(2)9(14)7-3-4-8(11-7)13(15)16;/h3-4,10-11H,5-6H2,1-2H3;1H. The van der Waals surface area contributed by atoms with Crippen molar-refractivity contribution < 1.29 is 9.72 Å². The number of carbonyl (C=O) groups excluding carboxylic acids is 1. The lowest BCUT2D eigenvalue weighted by Crippen LogP contribution is -2.32. The third kappa shape index (κ3) is 4.04. The van der Waals surface area contributed by atoms with Crippen LogP contribution in [0.2, 0.25) is 0 Å². The van der Waals surface area contributed by atoms with E-state index in [0.717, 1.165) is 0 Å². The molecule has 0 bridgehead atoms. The number of H-pyrrole nitrogens is 1. The van der Waals surface area contributed by atoms with E-state index >= 15 is 0 Å². The van der Waals surface area contributed by atoms with E-state index in [1.807, 2.05) is 0 Å². The molecule has 0 radical (unpaired) electrons. The molecule has 8 heteroatoms. The quantitative estimate of drug-likeness (QED) is 0.602. The zero-order valence-corrected chi connectivity index (χ0v) is 10.4. The Morgan fingerprint density at radius 1 is 1.59 bits per heavy atom. The molecule has 0 aliphatic rings. The van der Waals surface area contributed by atoms with Crippen molar-refractivity contribution in [2.45, 2.75) is 0 Å². The Hall–Kier alpha value is -1.60. The molecule has 7 nitrogen and oxygen atoms in total. The molecule has 1 rings (SSSR count). The maximum atomic E-state index is 11.7. The molecule has 0 aromatic carbocycles. The number of likely N-dealkylation sites (N-methyl/N-ethyl adjacent to an activating group) is 2. The lowest BCUT2D eigenvalue weighted by molar-refractivity contribution is -0.389. The average molecular weight is 263 g/mol. The molecule has 1 amide bonds. The molecule has 96 valence electrons. The van der Waals surface area contributed by atoms with Gasteiger partial charge in [-0.25, -0.2) is 4.98 Å². The molecule has 0 saturated carbocycles. The van der Waals surface area contributed by atoms with Crippen LogP contribution in [0.4, 0.5) is 5.82 Å². The third-order valence-corrected chi connectivity index (χ3v) is 2.14. The van der Waals surface area contributed by atoms with Crippen molar-refractivity contribution in [1.82, 2.24) is 15.2 Å². The Labute approximate surface area is 105 Å². The Morgan fingerprint density at radius 3 is 2.71 bits per heavy atom. The van der Waals surface area contributed by atoms with E-state index in [1.165, 1.54) is 17.0 Å². The molecule has 2 N–H and O–H groups in total. The first-order valence-corrected chi connectivity index (χ1v) is 4.79. The number of aromatic amines is 1. The summed E-state index contributed by atoms with van der Waals surface area (Å²) in [4.78, 5) is 25.5. The number of nitrogens with one attached hydrogen (secondary N) is 2. The largest absolute Gasteiger partial charge is 0.358 e. The topological polar surface area (TPSA) is 91.3 Å². The third-order valence-electron chi connectivity index (χ3n) is 2.14. The van der Waals surface area contributed by atoms with Gasteiger partial charge in [-0.2, -0.15) is 0 Å². The van der Waals surface area contributed by atoms with Crippen molar-refractivity contribution in [3.63, 3.8) is 0 Å². The van der Waals surface area contributed by atoms with Crippen molar-refractivity contribution in [2.75, 3.05) is 27.2 Å². The van der Waals surface area contributed by atoms with E-state index in [0.29, 0.717) is 13.1 Å². The van der Waals surface area contributed by atoms with Gasteiger partial charge in [-0.1, -0.05) is 0 Å². The smallest absolute Gasteiger partial charge is 0.321 e. The molecule has 0 unspecified atom stereocenters. The number of hydrogen-bond donors (Lipinski definition) is 2. The minimum atomic E-state index is -0.565. The number of aromatic nitrogens is 1. The molecule has 1 heterocycles. The van der Waals surface area contributed by atoms with Crippen LogP contribution in [0, 0.1) is 10.1 Å². The predicted molar refractivity (Wildman–Crippen MR) is 65.6 cm³/mol. The maximum Gasteiger partial charge on any atom is 0.321 e. The highest BCUT2D eigenvalue weighted by Crippen LogP contribution is 2.11. The summed E-state index contributed by atoms with van der Waals surface area (Å²) in [6, 6.07) is 2.69. The Morgan fingerprint density at radius 2 is 2.24 bits per heavy atom. The zero-order valence-electron chi connectivity index (χ0n) is 9.60. The van der Waals surface area contributed by atoms with E-state index in [2.05, 4.69) is 10.3 Å². The number of hydrogen-bond acceptors (Lipinski definition) is 4. The molecular weight excluding hydrogens is 248 g/mol. The second-order valence-corrected chi connectivity index (χ2v) is 3.34. The summed E-state index contributed by atoms with van der Waals surface area (Å²) in [6.45, 7) is 1.22. The summed E-state index contributed by atoms with van der Waals surface area (Å²) in [5, 5.41) is 13.3. The van der Waals surface area contributed by atoms with E-state index in [4.69, 9.17) is 0 Å². The molecule has 0 fully saturated rings. The van der Waals surface area contributed by atoms with Gasteiger partial charge in [0, 0.05) is 26.2 Å². The summed E-state index contributed by atoms with van der Waals surface area (Å²) in [7, 11) is 3.43. The van der Waals surface area contributed by atoms with Gasteiger partial charge >= 0.3 is 5.82 Å². The maximum absolute atomic E-state index is 11.7. The number of halogens is 1. The van der Waals surface area contributed by atoms with E-state index < -0.39 is 4.92 Å². The highest BCUT2D eigenvalue weighted by Gasteiger charge is 2.18. The minimum Gasteiger partial charge on any atom is -0.358 e. The van der Waals surface area contributed by atoms with Crippen molar-refractivity contribution >= 4 is 24.1 Å². The summed E-state index contributed by atoms with van der Waals surface area (Å²) in [5.74, 6) is -0.436. The van der Waals surface area contributed by atoms with Gasteiger partial charge in [-0.05, 0) is 18.0 Å². The molecule has 1 aromatic heterocycles. The molecule has 0 atom stereocenters. The Kier molecular flexibility index (Phi) is 6.22. The minimum absolute atomic E-state index is 0. The van der Waals surface area contributed by atoms with Crippen LogP contribution in [0.25, 0.3) is 0 Å². The summed E-state index contributed by atoms with van der Waals surface area (Å²) in [6.07, 6.45) is 0. The molecule has 1 aromatic rings. The highest BCUT2D eigenvalue weighted by atomic mass is 35.5. The van der Waals surface area contributed by atoms with Crippen LogP contribution in [-0.4, -0.2) is 47.9 Å². The van der Waals surface area contributed by atoms with Crippen LogP contribution >= 0.6 is 12.4 Å². The van der Waals surface area contributed by atoms with E-state index in [1.54, 1.807) is 14.1 Å². The molecule has 0 spiro atoms.